The molecule has 0 saturated carbocycles. The first kappa shape index (κ1) is 19.2. The van der Waals surface area contributed by atoms with Crippen LogP contribution in [0, 0.1) is 5.82 Å². The second-order valence-electron chi connectivity index (χ2n) is 6.44. The number of nitrogens with zero attached hydrogens (tertiary/aromatic N) is 1. The molecule has 1 saturated heterocycles. The van der Waals surface area contributed by atoms with Gasteiger partial charge in [-0.2, -0.15) is 0 Å². The maximum absolute atomic E-state index is 13.7. The maximum atomic E-state index is 13.7. The van der Waals surface area contributed by atoms with Crippen LogP contribution in [0.3, 0.4) is 0 Å². The number of urea groups is 1. The van der Waals surface area contributed by atoms with E-state index >= 15 is 0 Å². The van der Waals surface area contributed by atoms with E-state index in [9.17, 15) is 17.6 Å². The van der Waals surface area contributed by atoms with Crippen molar-refractivity contribution in [2.75, 3.05) is 23.1 Å². The van der Waals surface area contributed by atoms with Gasteiger partial charge in [0.1, 0.15) is 5.82 Å². The molecule has 2 amide bonds. The van der Waals surface area contributed by atoms with Crippen LogP contribution in [-0.4, -0.2) is 32.4 Å². The molecular weight excluding hydrogens is 369 g/mol. The molecule has 144 valence electrons. The van der Waals surface area contributed by atoms with Crippen molar-refractivity contribution in [1.82, 2.24) is 4.90 Å². The first-order valence-corrected chi connectivity index (χ1v) is 10.4. The number of carbonyl (C=O) groups is 1. The van der Waals surface area contributed by atoms with Crippen molar-refractivity contribution in [1.29, 1.82) is 0 Å². The van der Waals surface area contributed by atoms with Crippen molar-refractivity contribution >= 4 is 27.4 Å². The van der Waals surface area contributed by atoms with E-state index in [2.05, 4.69) is 10.0 Å². The lowest BCUT2D eigenvalue weighted by Gasteiger charge is -2.20. The minimum Gasteiger partial charge on any atom is -0.325 e. The number of nitrogens with one attached hydrogen (secondary N) is 2. The normalized spacial score (nSPS) is 15.1. The van der Waals surface area contributed by atoms with E-state index in [1.807, 2.05) is 0 Å². The molecule has 2 aromatic rings. The minimum atomic E-state index is -3.92. The van der Waals surface area contributed by atoms with E-state index in [-0.39, 0.29) is 16.6 Å². The Kier molecular flexibility index (Phi) is 5.95. The third-order valence-electron chi connectivity index (χ3n) is 4.43. The zero-order chi connectivity index (χ0) is 19.3. The highest BCUT2D eigenvalue weighted by Gasteiger charge is 2.18. The van der Waals surface area contributed by atoms with Crippen molar-refractivity contribution < 1.29 is 17.6 Å². The summed E-state index contributed by atoms with van der Waals surface area (Å²) < 4.78 is 40.7. The number of anilines is 2. The van der Waals surface area contributed by atoms with E-state index in [1.165, 1.54) is 42.5 Å². The number of para-hydroxylation sites is 1. The van der Waals surface area contributed by atoms with Gasteiger partial charge in [-0.3, -0.25) is 4.72 Å². The monoisotopic (exact) mass is 391 g/mol. The SMILES string of the molecule is O=C(Nc1ccc(S(=O)(=O)Nc2ccccc2F)cc1)N1CCCCCC1. The second kappa shape index (κ2) is 8.39. The summed E-state index contributed by atoms with van der Waals surface area (Å²) in [6.45, 7) is 1.45. The lowest BCUT2D eigenvalue weighted by molar-refractivity contribution is 0.214. The van der Waals surface area contributed by atoms with Gasteiger partial charge >= 0.3 is 6.03 Å². The molecule has 0 aliphatic carbocycles. The van der Waals surface area contributed by atoms with Gasteiger partial charge in [-0.05, 0) is 49.2 Å². The molecule has 6 nitrogen and oxygen atoms in total. The summed E-state index contributed by atoms with van der Waals surface area (Å²) in [5.74, 6) is -0.651. The van der Waals surface area contributed by atoms with Gasteiger partial charge in [0.2, 0.25) is 0 Å². The highest BCUT2D eigenvalue weighted by Crippen LogP contribution is 2.20. The van der Waals surface area contributed by atoms with E-state index in [4.69, 9.17) is 0 Å². The fraction of sp³-hybridized carbons (Fsp3) is 0.316. The highest BCUT2D eigenvalue weighted by molar-refractivity contribution is 7.92. The van der Waals surface area contributed by atoms with Crippen molar-refractivity contribution in [2.45, 2.75) is 30.6 Å². The van der Waals surface area contributed by atoms with Gasteiger partial charge in [0.25, 0.3) is 10.0 Å². The molecule has 0 bridgehead atoms. The van der Waals surface area contributed by atoms with Crippen LogP contribution in [0.25, 0.3) is 0 Å². The Hall–Kier alpha value is -2.61. The molecule has 0 radical (unpaired) electrons. The van der Waals surface area contributed by atoms with E-state index in [1.54, 1.807) is 11.0 Å². The molecule has 0 atom stereocenters. The van der Waals surface area contributed by atoms with Gasteiger partial charge in [-0.1, -0.05) is 25.0 Å². The van der Waals surface area contributed by atoms with Gasteiger partial charge in [0, 0.05) is 18.8 Å². The summed E-state index contributed by atoms with van der Waals surface area (Å²) in [5, 5.41) is 2.79. The van der Waals surface area contributed by atoms with Crippen LogP contribution in [0.2, 0.25) is 0 Å². The first-order valence-electron chi connectivity index (χ1n) is 8.89. The van der Waals surface area contributed by atoms with Crippen LogP contribution in [0.4, 0.5) is 20.6 Å². The fourth-order valence-corrected chi connectivity index (χ4v) is 4.01. The van der Waals surface area contributed by atoms with E-state index in [0.29, 0.717) is 5.69 Å². The number of benzene rings is 2. The third-order valence-corrected chi connectivity index (χ3v) is 5.81. The predicted molar refractivity (Wildman–Crippen MR) is 103 cm³/mol. The Balaban J connectivity index is 1.67. The summed E-state index contributed by atoms with van der Waals surface area (Å²) in [6.07, 6.45) is 4.25. The topological polar surface area (TPSA) is 78.5 Å². The van der Waals surface area contributed by atoms with E-state index in [0.717, 1.165) is 38.8 Å². The van der Waals surface area contributed by atoms with Crippen LogP contribution in [0.15, 0.2) is 53.4 Å². The minimum absolute atomic E-state index is 0.0153. The van der Waals surface area contributed by atoms with Crippen LogP contribution in [0.5, 0.6) is 0 Å². The maximum Gasteiger partial charge on any atom is 0.321 e. The molecule has 1 aliphatic heterocycles. The molecule has 1 fully saturated rings. The predicted octanol–water partition coefficient (Wildman–Crippen LogP) is 4.03. The van der Waals surface area contributed by atoms with Crippen molar-refractivity contribution in [3.63, 3.8) is 0 Å². The number of hydrogen-bond donors (Lipinski definition) is 2. The molecule has 27 heavy (non-hydrogen) atoms. The number of halogens is 1. The average molecular weight is 391 g/mol. The Morgan fingerprint density at radius 1 is 0.926 bits per heavy atom. The number of sulfonamides is 1. The summed E-state index contributed by atoms with van der Waals surface area (Å²) in [6, 6.07) is 11.2. The molecular formula is C19H22FN3O3S. The number of amides is 2. The Morgan fingerprint density at radius 2 is 1.56 bits per heavy atom. The largest absolute Gasteiger partial charge is 0.325 e. The molecule has 2 N–H and O–H groups in total. The van der Waals surface area contributed by atoms with E-state index < -0.39 is 15.8 Å². The fourth-order valence-electron chi connectivity index (χ4n) is 2.94. The Labute approximate surface area is 158 Å². The zero-order valence-electron chi connectivity index (χ0n) is 14.8. The molecule has 1 heterocycles. The summed E-state index contributed by atoms with van der Waals surface area (Å²) >= 11 is 0. The van der Waals surface area contributed by atoms with Gasteiger partial charge in [-0.25, -0.2) is 17.6 Å². The third kappa shape index (κ3) is 4.97. The van der Waals surface area contributed by atoms with Crippen molar-refractivity contribution in [2.24, 2.45) is 0 Å². The van der Waals surface area contributed by atoms with Crippen molar-refractivity contribution in [3.05, 3.63) is 54.3 Å². The average Bonchev–Trinajstić information content (AvgIpc) is 2.93. The molecule has 1 aliphatic rings. The first-order chi connectivity index (χ1) is 13.0. The van der Waals surface area contributed by atoms with Crippen LogP contribution in [-0.2, 0) is 10.0 Å². The molecule has 0 aromatic heterocycles. The molecule has 0 spiro atoms. The summed E-state index contributed by atoms with van der Waals surface area (Å²) in [5.41, 5.74) is 0.394. The summed E-state index contributed by atoms with van der Waals surface area (Å²) in [4.78, 5) is 14.1. The smallest absolute Gasteiger partial charge is 0.321 e. The molecule has 3 rings (SSSR count). The van der Waals surface area contributed by atoms with Crippen molar-refractivity contribution in [3.8, 4) is 0 Å². The summed E-state index contributed by atoms with van der Waals surface area (Å²) in [7, 11) is -3.92. The van der Waals surface area contributed by atoms with Gasteiger partial charge < -0.3 is 10.2 Å². The Morgan fingerprint density at radius 3 is 2.19 bits per heavy atom. The number of hydrogen-bond acceptors (Lipinski definition) is 3. The number of likely N-dealkylation sites (tertiary alicyclic amines) is 1. The number of carbonyl (C=O) groups excluding carboxylic acids is 1. The molecule has 0 unspecified atom stereocenters. The standard InChI is InChI=1S/C19H22FN3O3S/c20-17-7-3-4-8-18(17)22-27(25,26)16-11-9-15(10-12-16)21-19(24)23-13-5-1-2-6-14-23/h3-4,7-12,22H,1-2,5-6,13-14H2,(H,21,24). The van der Waals surface area contributed by atoms with Crippen LogP contribution >= 0.6 is 0 Å². The lowest BCUT2D eigenvalue weighted by Crippen LogP contribution is -2.35. The molecule has 8 heteroatoms. The zero-order valence-corrected chi connectivity index (χ0v) is 15.6. The van der Waals surface area contributed by atoms with Crippen LogP contribution < -0.4 is 10.0 Å². The second-order valence-corrected chi connectivity index (χ2v) is 8.12. The Bertz CT molecular complexity index is 893. The number of rotatable bonds is 4. The van der Waals surface area contributed by atoms with Gasteiger partial charge in [-0.15, -0.1) is 0 Å². The lowest BCUT2D eigenvalue weighted by atomic mass is 10.2. The highest BCUT2D eigenvalue weighted by atomic mass is 32.2. The quantitative estimate of drug-likeness (QED) is 0.826. The van der Waals surface area contributed by atoms with Gasteiger partial charge in [0.15, 0.2) is 0 Å². The molecule has 2 aromatic carbocycles. The van der Waals surface area contributed by atoms with Gasteiger partial charge in [0.05, 0.1) is 10.6 Å². The van der Waals surface area contributed by atoms with Crippen LogP contribution in [0.1, 0.15) is 25.7 Å².